The highest BCUT2D eigenvalue weighted by atomic mass is 32.1. The first-order valence-electron chi connectivity index (χ1n) is 8.69. The van der Waals surface area contributed by atoms with Crippen LogP contribution in [0.4, 0.5) is 0 Å². The summed E-state index contributed by atoms with van der Waals surface area (Å²) in [6, 6.07) is 6.83. The van der Waals surface area contributed by atoms with Gasteiger partial charge in [0.2, 0.25) is 0 Å². The number of hydrogen-bond acceptors (Lipinski definition) is 4. The predicted octanol–water partition coefficient (Wildman–Crippen LogP) is 4.27. The normalized spacial score (nSPS) is 12.1. The number of hydrogen-bond donors (Lipinski definition) is 0. The summed E-state index contributed by atoms with van der Waals surface area (Å²) in [4.78, 5) is 17.2. The zero-order chi connectivity index (χ0) is 19.3. The fourth-order valence-electron chi connectivity index (χ4n) is 2.43. The molecule has 0 radical (unpaired) electrons. The van der Waals surface area contributed by atoms with Crippen LogP contribution in [0.25, 0.3) is 0 Å². The molecule has 5 nitrogen and oxygen atoms in total. The van der Waals surface area contributed by atoms with Crippen LogP contribution in [0.2, 0.25) is 0 Å². The molecule has 0 aliphatic rings. The number of nitriles is 1. The van der Waals surface area contributed by atoms with E-state index < -0.39 is 0 Å². The number of aromatic nitrogens is 1. The zero-order valence-electron chi connectivity index (χ0n) is 16.0. The van der Waals surface area contributed by atoms with Crippen LogP contribution in [0.5, 0.6) is 5.75 Å². The highest BCUT2D eigenvalue weighted by molar-refractivity contribution is 7.04. The lowest BCUT2D eigenvalue weighted by molar-refractivity contribution is 0.0996. The molecule has 0 fully saturated rings. The lowest BCUT2D eigenvalue weighted by Crippen LogP contribution is -2.18. The van der Waals surface area contributed by atoms with Crippen LogP contribution in [0.3, 0.4) is 0 Å². The van der Waals surface area contributed by atoms with Crippen LogP contribution >= 0.6 is 11.5 Å². The van der Waals surface area contributed by atoms with Gasteiger partial charge in [0.15, 0.2) is 0 Å². The first-order chi connectivity index (χ1) is 12.3. The number of rotatable bonds is 5. The van der Waals surface area contributed by atoms with Gasteiger partial charge in [0.25, 0.3) is 5.91 Å². The molecule has 1 aromatic carbocycles. The van der Waals surface area contributed by atoms with Gasteiger partial charge >= 0.3 is 0 Å². The number of ether oxygens (including phenoxy) is 1. The summed E-state index contributed by atoms with van der Waals surface area (Å²) in [6.45, 7) is 8.51. The van der Waals surface area contributed by atoms with Crippen molar-refractivity contribution >= 4 is 17.4 Å². The maximum atomic E-state index is 12.8. The van der Waals surface area contributed by atoms with E-state index in [1.165, 1.54) is 24.7 Å². The number of aryl methyl sites for hydroxylation is 1. The fraction of sp³-hybridized carbons (Fsp3) is 0.450. The second kappa shape index (κ2) is 8.33. The molecule has 0 atom stereocenters. The van der Waals surface area contributed by atoms with Crippen LogP contribution in [-0.4, -0.2) is 17.0 Å². The van der Waals surface area contributed by atoms with Gasteiger partial charge in [-0.3, -0.25) is 8.75 Å². The Morgan fingerprint density at radius 3 is 2.69 bits per heavy atom. The van der Waals surface area contributed by atoms with Gasteiger partial charge < -0.3 is 4.74 Å². The topological polar surface area (TPSA) is 67.4 Å². The van der Waals surface area contributed by atoms with Gasteiger partial charge in [-0.1, -0.05) is 13.3 Å². The molecule has 0 saturated heterocycles. The van der Waals surface area contributed by atoms with E-state index in [9.17, 15) is 4.79 Å². The largest absolute Gasteiger partial charge is 0.496 e. The monoisotopic (exact) mass is 371 g/mol. The lowest BCUT2D eigenvalue weighted by atomic mass is 10.1. The SMILES string of the molecule is CCCCc1cn(C(C)(C)C)sc1=NC(=O)c1cc(C#N)ccc1OC. The van der Waals surface area contributed by atoms with E-state index in [2.05, 4.69) is 42.8 Å². The number of methoxy groups -OCH3 is 1. The Morgan fingerprint density at radius 1 is 1.38 bits per heavy atom. The Bertz CT molecular complexity index is 895. The van der Waals surface area contributed by atoms with Gasteiger partial charge in [0.05, 0.1) is 24.3 Å². The summed E-state index contributed by atoms with van der Waals surface area (Å²) in [7, 11) is 1.50. The Labute approximate surface area is 158 Å². The minimum atomic E-state index is -0.389. The first kappa shape index (κ1) is 19.9. The molecule has 0 unspecified atom stereocenters. The zero-order valence-corrected chi connectivity index (χ0v) is 16.8. The number of nitrogens with zero attached hydrogens (tertiary/aromatic N) is 3. The van der Waals surface area contributed by atoms with Crippen molar-refractivity contribution in [2.45, 2.75) is 52.5 Å². The summed E-state index contributed by atoms with van der Waals surface area (Å²) in [5.74, 6) is 0.0349. The van der Waals surface area contributed by atoms with E-state index in [4.69, 9.17) is 10.00 Å². The minimum absolute atomic E-state index is 0.0686. The molecule has 6 heteroatoms. The average molecular weight is 372 g/mol. The number of benzene rings is 1. The summed E-state index contributed by atoms with van der Waals surface area (Å²) < 4.78 is 8.12. The van der Waals surface area contributed by atoms with E-state index in [1.54, 1.807) is 12.1 Å². The third-order valence-corrected chi connectivity index (χ3v) is 5.33. The van der Waals surface area contributed by atoms with E-state index in [0.29, 0.717) is 16.9 Å². The lowest BCUT2D eigenvalue weighted by Gasteiger charge is -2.19. The molecule has 138 valence electrons. The predicted molar refractivity (Wildman–Crippen MR) is 104 cm³/mol. The smallest absolute Gasteiger partial charge is 0.282 e. The van der Waals surface area contributed by atoms with Crippen molar-refractivity contribution in [1.29, 1.82) is 5.26 Å². The first-order valence-corrected chi connectivity index (χ1v) is 9.47. The summed E-state index contributed by atoms with van der Waals surface area (Å²) in [5.41, 5.74) is 1.73. The Morgan fingerprint density at radius 2 is 2.12 bits per heavy atom. The second-order valence-electron chi connectivity index (χ2n) is 7.09. The Hall–Kier alpha value is -2.39. The quantitative estimate of drug-likeness (QED) is 0.788. The molecule has 0 N–H and O–H groups in total. The molecular formula is C20H25N3O2S. The summed E-state index contributed by atoms with van der Waals surface area (Å²) in [5, 5.41) is 9.10. The van der Waals surface area contributed by atoms with Crippen molar-refractivity contribution in [3.05, 3.63) is 45.8 Å². The Balaban J connectivity index is 2.53. The minimum Gasteiger partial charge on any atom is -0.496 e. The number of amides is 1. The van der Waals surface area contributed by atoms with Crippen LogP contribution in [0.15, 0.2) is 29.4 Å². The van der Waals surface area contributed by atoms with Crippen LogP contribution in [0.1, 0.15) is 62.0 Å². The van der Waals surface area contributed by atoms with Gasteiger partial charge in [-0.05, 0) is 63.3 Å². The van der Waals surface area contributed by atoms with Gasteiger partial charge in [-0.25, -0.2) is 0 Å². The summed E-state index contributed by atoms with van der Waals surface area (Å²) in [6.07, 6.45) is 5.11. The van der Waals surface area contributed by atoms with Gasteiger partial charge in [-0.2, -0.15) is 10.3 Å². The molecule has 2 aromatic rings. The molecule has 0 aliphatic carbocycles. The molecule has 0 spiro atoms. The van der Waals surface area contributed by atoms with Crippen LogP contribution in [-0.2, 0) is 12.0 Å². The molecule has 2 rings (SSSR count). The van der Waals surface area contributed by atoms with Gasteiger partial charge in [0.1, 0.15) is 10.4 Å². The number of carbonyl (C=O) groups is 1. The molecule has 1 heterocycles. The average Bonchev–Trinajstić information content (AvgIpc) is 3.02. The fourth-order valence-corrected chi connectivity index (χ4v) is 3.47. The number of unbranched alkanes of at least 4 members (excludes halogenated alkanes) is 1. The van der Waals surface area contributed by atoms with E-state index in [-0.39, 0.29) is 11.4 Å². The van der Waals surface area contributed by atoms with E-state index in [1.807, 2.05) is 6.07 Å². The van der Waals surface area contributed by atoms with Crippen molar-refractivity contribution in [2.75, 3.05) is 7.11 Å². The van der Waals surface area contributed by atoms with Crippen LogP contribution in [0, 0.1) is 11.3 Å². The summed E-state index contributed by atoms with van der Waals surface area (Å²) >= 11 is 1.49. The molecule has 1 amide bonds. The molecule has 0 aliphatic heterocycles. The highest BCUT2D eigenvalue weighted by Gasteiger charge is 2.17. The molecular weight excluding hydrogens is 346 g/mol. The third kappa shape index (κ3) is 4.61. The Kier molecular flexibility index (Phi) is 6.38. The second-order valence-corrected chi connectivity index (χ2v) is 8.06. The maximum Gasteiger partial charge on any atom is 0.282 e. The number of carbonyl (C=O) groups excluding carboxylic acids is 1. The molecule has 26 heavy (non-hydrogen) atoms. The molecule has 1 aromatic heterocycles. The van der Waals surface area contributed by atoms with Crippen molar-refractivity contribution in [3.63, 3.8) is 0 Å². The van der Waals surface area contributed by atoms with Crippen molar-refractivity contribution < 1.29 is 9.53 Å². The van der Waals surface area contributed by atoms with E-state index in [0.717, 1.165) is 29.5 Å². The molecule has 0 bridgehead atoms. The maximum absolute atomic E-state index is 12.8. The highest BCUT2D eigenvalue weighted by Crippen LogP contribution is 2.21. The van der Waals surface area contributed by atoms with Crippen molar-refractivity contribution in [2.24, 2.45) is 4.99 Å². The van der Waals surface area contributed by atoms with Gasteiger partial charge in [0, 0.05) is 17.3 Å². The van der Waals surface area contributed by atoms with Crippen molar-refractivity contribution in [1.82, 2.24) is 3.96 Å². The van der Waals surface area contributed by atoms with Crippen molar-refractivity contribution in [3.8, 4) is 11.8 Å². The van der Waals surface area contributed by atoms with Crippen LogP contribution < -0.4 is 9.41 Å². The van der Waals surface area contributed by atoms with E-state index >= 15 is 0 Å². The molecule has 0 saturated carbocycles. The third-order valence-electron chi connectivity index (χ3n) is 3.96. The van der Waals surface area contributed by atoms with Gasteiger partial charge in [-0.15, -0.1) is 0 Å². The standard InChI is InChI=1S/C20H25N3O2S/c1-6-7-8-15-13-23(20(2,3)4)26-19(15)22-18(24)16-11-14(12-21)9-10-17(16)25-5/h9-11,13H,6-8H2,1-5H3.